The summed E-state index contributed by atoms with van der Waals surface area (Å²) in [6.07, 6.45) is 0.504. The van der Waals surface area contributed by atoms with Crippen molar-refractivity contribution in [3.63, 3.8) is 0 Å². The van der Waals surface area contributed by atoms with Crippen molar-refractivity contribution in [2.45, 2.75) is 32.0 Å². The van der Waals surface area contributed by atoms with Crippen LogP contribution >= 0.6 is 0 Å². The molecule has 110 valence electrons. The molecule has 0 saturated carbocycles. The second-order valence-electron chi connectivity index (χ2n) is 4.84. The van der Waals surface area contributed by atoms with Crippen molar-refractivity contribution in [1.29, 1.82) is 0 Å². The number of aromatic nitrogens is 1. The van der Waals surface area contributed by atoms with Crippen molar-refractivity contribution in [2.24, 2.45) is 0 Å². The van der Waals surface area contributed by atoms with Crippen LogP contribution in [0.15, 0.2) is 18.5 Å². The average Bonchev–Trinajstić information content (AvgIpc) is 2.86. The second-order valence-corrected chi connectivity index (χ2v) is 4.84. The zero-order valence-corrected chi connectivity index (χ0v) is 10.8. The van der Waals surface area contributed by atoms with Crippen LogP contribution in [0.2, 0.25) is 0 Å². The number of hydrogen-bond donors (Lipinski definition) is 0. The molecule has 2 heterocycles. The van der Waals surface area contributed by atoms with Gasteiger partial charge < -0.3 is 9.47 Å². The van der Waals surface area contributed by atoms with Crippen molar-refractivity contribution in [2.75, 3.05) is 13.1 Å². The number of piperidine rings is 1. The van der Waals surface area contributed by atoms with Gasteiger partial charge in [0.1, 0.15) is 6.54 Å². The highest BCUT2D eigenvalue weighted by atomic mass is 19.4. The van der Waals surface area contributed by atoms with Crippen molar-refractivity contribution in [1.82, 2.24) is 9.47 Å². The lowest BCUT2D eigenvalue weighted by atomic mass is 10.1. The van der Waals surface area contributed by atoms with E-state index in [4.69, 9.17) is 0 Å². The van der Waals surface area contributed by atoms with Gasteiger partial charge in [-0.15, -0.1) is 0 Å². The molecule has 0 radical (unpaired) electrons. The summed E-state index contributed by atoms with van der Waals surface area (Å²) >= 11 is 0. The van der Waals surface area contributed by atoms with E-state index in [0.29, 0.717) is 13.1 Å². The molecule has 0 N–H and O–H groups in total. The minimum absolute atomic E-state index is 0.0366. The van der Waals surface area contributed by atoms with Crippen LogP contribution in [-0.2, 0) is 11.3 Å². The highest BCUT2D eigenvalue weighted by molar-refractivity contribution is 6.00. The number of nitrogens with zero attached hydrogens (tertiary/aromatic N) is 2. The zero-order valence-electron chi connectivity index (χ0n) is 10.8. The van der Waals surface area contributed by atoms with Gasteiger partial charge in [0, 0.05) is 31.0 Å². The Kier molecular flexibility index (Phi) is 4.15. The number of halogens is 3. The third-order valence-electron chi connectivity index (χ3n) is 3.30. The van der Waals surface area contributed by atoms with Crippen molar-refractivity contribution in [3.05, 3.63) is 24.0 Å². The first-order chi connectivity index (χ1) is 9.38. The Hall–Kier alpha value is -1.79. The molecule has 20 heavy (non-hydrogen) atoms. The molecule has 1 amide bonds. The molecule has 1 aliphatic heterocycles. The van der Waals surface area contributed by atoms with Crippen LogP contribution in [-0.4, -0.2) is 40.4 Å². The fourth-order valence-electron chi connectivity index (χ4n) is 2.24. The number of Topliss-reactive ketones (excluding diaryl/α,β-unsaturated/α-hetero) is 1. The summed E-state index contributed by atoms with van der Waals surface area (Å²) in [5.74, 6) is -2.02. The van der Waals surface area contributed by atoms with Crippen LogP contribution in [0.1, 0.15) is 29.6 Å². The Morgan fingerprint density at radius 3 is 2.40 bits per heavy atom. The number of hydrogen-bond acceptors (Lipinski definition) is 2. The molecule has 0 aliphatic carbocycles. The molecule has 0 aromatic carbocycles. The first-order valence-corrected chi connectivity index (χ1v) is 6.43. The quantitative estimate of drug-likeness (QED) is 0.801. The van der Waals surface area contributed by atoms with E-state index >= 15 is 0 Å². The average molecular weight is 288 g/mol. The van der Waals surface area contributed by atoms with Gasteiger partial charge in [0.25, 0.3) is 5.78 Å². The maximum absolute atomic E-state index is 12.3. The Balaban J connectivity index is 1.99. The van der Waals surface area contributed by atoms with E-state index in [0.717, 1.165) is 31.5 Å². The van der Waals surface area contributed by atoms with Crippen LogP contribution < -0.4 is 0 Å². The van der Waals surface area contributed by atoms with E-state index < -0.39 is 17.5 Å². The standard InChI is InChI=1S/C13H15F3N2O2/c14-13(15,16)12(20)10-4-7-17(8-10)9-11(19)18-5-2-1-3-6-18/h4,7-8H,1-3,5-6,9H2. The van der Waals surface area contributed by atoms with Gasteiger partial charge in [0.2, 0.25) is 5.91 Å². The fraction of sp³-hybridized carbons (Fsp3) is 0.538. The molecule has 1 aliphatic rings. The Morgan fingerprint density at radius 2 is 1.80 bits per heavy atom. The van der Waals surface area contributed by atoms with Crippen molar-refractivity contribution in [3.8, 4) is 0 Å². The molecule has 1 aromatic heterocycles. The molecule has 1 saturated heterocycles. The van der Waals surface area contributed by atoms with Crippen molar-refractivity contribution < 1.29 is 22.8 Å². The predicted octanol–water partition coefficient (Wildman–Crippen LogP) is 2.25. The van der Waals surface area contributed by atoms with E-state index in [9.17, 15) is 22.8 Å². The zero-order chi connectivity index (χ0) is 14.8. The van der Waals surface area contributed by atoms with Gasteiger partial charge in [-0.25, -0.2) is 0 Å². The molecule has 1 aromatic rings. The highest BCUT2D eigenvalue weighted by Crippen LogP contribution is 2.21. The molecular weight excluding hydrogens is 273 g/mol. The van der Waals surface area contributed by atoms with Gasteiger partial charge in [0.15, 0.2) is 0 Å². The number of alkyl halides is 3. The summed E-state index contributed by atoms with van der Waals surface area (Å²) in [7, 11) is 0. The lowest BCUT2D eigenvalue weighted by Gasteiger charge is -2.26. The van der Waals surface area contributed by atoms with Gasteiger partial charge in [-0.3, -0.25) is 9.59 Å². The second kappa shape index (κ2) is 5.68. The SMILES string of the molecule is O=C(Cn1ccc(C(=O)C(F)(F)F)c1)N1CCCCC1. The summed E-state index contributed by atoms with van der Waals surface area (Å²) in [5, 5.41) is 0. The predicted molar refractivity (Wildman–Crippen MR) is 65.2 cm³/mol. The third kappa shape index (κ3) is 3.40. The van der Waals surface area contributed by atoms with E-state index in [1.165, 1.54) is 10.8 Å². The number of carbonyl (C=O) groups excluding carboxylic acids is 2. The number of rotatable bonds is 3. The maximum Gasteiger partial charge on any atom is 0.454 e. The molecule has 2 rings (SSSR count). The third-order valence-corrected chi connectivity index (χ3v) is 3.30. The van der Waals surface area contributed by atoms with Crippen LogP contribution in [0.4, 0.5) is 13.2 Å². The Labute approximate surface area is 114 Å². The van der Waals surface area contributed by atoms with Gasteiger partial charge in [-0.1, -0.05) is 0 Å². The van der Waals surface area contributed by atoms with E-state index in [-0.39, 0.29) is 12.5 Å². The summed E-state index contributed by atoms with van der Waals surface area (Å²) in [6, 6.07) is 1.08. The topological polar surface area (TPSA) is 42.3 Å². The van der Waals surface area contributed by atoms with Crippen LogP contribution in [0.5, 0.6) is 0 Å². The Bertz CT molecular complexity index is 502. The maximum atomic E-state index is 12.3. The minimum atomic E-state index is -4.89. The summed E-state index contributed by atoms with van der Waals surface area (Å²) in [4.78, 5) is 24.7. The molecule has 0 atom stereocenters. The molecule has 0 bridgehead atoms. The lowest BCUT2D eigenvalue weighted by molar-refractivity contribution is -0.132. The fourth-order valence-corrected chi connectivity index (χ4v) is 2.24. The van der Waals surface area contributed by atoms with Crippen molar-refractivity contribution >= 4 is 11.7 Å². The molecule has 1 fully saturated rings. The minimum Gasteiger partial charge on any atom is -0.344 e. The van der Waals surface area contributed by atoms with Gasteiger partial charge in [-0.05, 0) is 25.3 Å². The number of likely N-dealkylation sites (tertiary alicyclic amines) is 1. The van der Waals surface area contributed by atoms with Crippen LogP contribution in [0.3, 0.4) is 0 Å². The molecule has 7 heteroatoms. The van der Waals surface area contributed by atoms with E-state index in [1.54, 1.807) is 4.90 Å². The summed E-state index contributed by atoms with van der Waals surface area (Å²) < 4.78 is 38.1. The van der Waals surface area contributed by atoms with E-state index in [1.807, 2.05) is 0 Å². The largest absolute Gasteiger partial charge is 0.454 e. The molecular formula is C13H15F3N2O2. The number of carbonyl (C=O) groups is 2. The molecule has 4 nitrogen and oxygen atoms in total. The van der Waals surface area contributed by atoms with Gasteiger partial charge in [0.05, 0.1) is 0 Å². The van der Waals surface area contributed by atoms with Gasteiger partial charge in [-0.2, -0.15) is 13.2 Å². The number of amides is 1. The summed E-state index contributed by atoms with van der Waals surface area (Å²) in [5.41, 5.74) is -0.441. The lowest BCUT2D eigenvalue weighted by Crippen LogP contribution is -2.37. The molecule has 0 spiro atoms. The Morgan fingerprint density at radius 1 is 1.15 bits per heavy atom. The first kappa shape index (κ1) is 14.6. The highest BCUT2D eigenvalue weighted by Gasteiger charge is 2.39. The smallest absolute Gasteiger partial charge is 0.344 e. The van der Waals surface area contributed by atoms with E-state index in [2.05, 4.69) is 0 Å². The summed E-state index contributed by atoms with van der Waals surface area (Å²) in [6.45, 7) is 1.34. The normalized spacial score (nSPS) is 16.2. The van der Waals surface area contributed by atoms with Gasteiger partial charge >= 0.3 is 6.18 Å². The monoisotopic (exact) mass is 288 g/mol. The molecule has 0 unspecified atom stereocenters. The van der Waals surface area contributed by atoms with Crippen LogP contribution in [0, 0.1) is 0 Å². The first-order valence-electron chi connectivity index (χ1n) is 6.43. The van der Waals surface area contributed by atoms with Crippen LogP contribution in [0.25, 0.3) is 0 Å². The number of ketones is 1.